The van der Waals surface area contributed by atoms with Gasteiger partial charge in [-0.1, -0.05) is 0 Å². The third-order valence-corrected chi connectivity index (χ3v) is 1.91. The molecule has 2 heterocycles. The lowest BCUT2D eigenvalue weighted by Gasteiger charge is -2.10. The highest BCUT2D eigenvalue weighted by Crippen LogP contribution is 2.17. The topological polar surface area (TPSA) is 28.6 Å². The Balaban J connectivity index is 2.22. The van der Waals surface area contributed by atoms with Gasteiger partial charge in [0, 0.05) is 6.92 Å². The maximum atomic E-state index is 3.30. The zero-order valence-corrected chi connectivity index (χ0v) is 3.86. The van der Waals surface area contributed by atoms with Crippen molar-refractivity contribution in [1.29, 1.82) is 0 Å². The number of hydrogen-bond donors (Lipinski definition) is 2. The zero-order chi connectivity index (χ0) is 4.20. The molecule has 6 heavy (non-hydrogen) atoms. The van der Waals surface area contributed by atoms with Crippen molar-refractivity contribution in [1.82, 2.24) is 5.32 Å². The second kappa shape index (κ2) is 0.532. The highest BCUT2D eigenvalue weighted by Gasteiger charge is 2.64. The monoisotopic (exact) mass is 85.1 g/mol. The highest BCUT2D eigenvalue weighted by atomic mass is 15.5. The van der Waals surface area contributed by atoms with Gasteiger partial charge in [0.25, 0.3) is 0 Å². The Labute approximate surface area is 36.9 Å². The van der Waals surface area contributed by atoms with E-state index in [0.717, 1.165) is 6.04 Å². The second-order valence-electron chi connectivity index (χ2n) is 2.44. The van der Waals surface area contributed by atoms with Gasteiger partial charge in [0.1, 0.15) is 0 Å². The van der Waals surface area contributed by atoms with Gasteiger partial charge < -0.3 is 5.32 Å². The number of hydrogen-bond acceptors (Lipinski definition) is 1. The van der Waals surface area contributed by atoms with Crippen molar-refractivity contribution in [3.8, 4) is 0 Å². The molecule has 34 valence electrons. The smallest absolute Gasteiger partial charge is 0.201 e. The Morgan fingerprint density at radius 2 is 2.67 bits per heavy atom. The van der Waals surface area contributed by atoms with E-state index in [2.05, 4.69) is 17.6 Å². The predicted octanol–water partition coefficient (Wildman–Crippen LogP) is -1.75. The molecule has 0 aromatic carbocycles. The van der Waals surface area contributed by atoms with E-state index in [1.54, 1.807) is 0 Å². The van der Waals surface area contributed by atoms with Crippen LogP contribution in [0.2, 0.25) is 0 Å². The van der Waals surface area contributed by atoms with Gasteiger partial charge in [0.15, 0.2) is 6.04 Å². The Kier molecular flexibility index (Phi) is 0.265. The van der Waals surface area contributed by atoms with Crippen molar-refractivity contribution in [2.75, 3.05) is 6.54 Å². The van der Waals surface area contributed by atoms with Gasteiger partial charge >= 0.3 is 0 Å². The first kappa shape index (κ1) is 2.99. The molecule has 2 nitrogen and oxygen atoms in total. The molecule has 2 atom stereocenters. The molecule has 0 aromatic rings. The first-order valence-electron chi connectivity index (χ1n) is 2.42. The van der Waals surface area contributed by atoms with E-state index in [4.69, 9.17) is 0 Å². The molecule has 2 aliphatic heterocycles. The minimum absolute atomic E-state index is 0.514. The molecule has 2 aliphatic rings. The summed E-state index contributed by atoms with van der Waals surface area (Å²) in [4.78, 5) is 0. The van der Waals surface area contributed by atoms with Crippen molar-refractivity contribution >= 4 is 0 Å². The quantitative estimate of drug-likeness (QED) is 0.336. The number of fused-ring (bicyclic) bond motifs is 1. The Morgan fingerprint density at radius 3 is 2.67 bits per heavy atom. The lowest BCUT2D eigenvalue weighted by Crippen LogP contribution is -2.66. The van der Waals surface area contributed by atoms with E-state index < -0.39 is 0 Å². The summed E-state index contributed by atoms with van der Waals surface area (Å²) in [6.07, 6.45) is 0. The third kappa shape index (κ3) is 0.150. The van der Waals surface area contributed by atoms with Crippen LogP contribution < -0.4 is 10.6 Å². The number of quaternary nitrogens is 1. The fraction of sp³-hybridized carbons (Fsp3) is 1.00. The molecule has 2 heteroatoms. The van der Waals surface area contributed by atoms with Crippen LogP contribution in [0.1, 0.15) is 6.92 Å². The summed E-state index contributed by atoms with van der Waals surface area (Å²) < 4.78 is 0. The minimum Gasteiger partial charge on any atom is -0.314 e. The minimum atomic E-state index is 0.514. The predicted molar refractivity (Wildman–Crippen MR) is 22.1 cm³/mol. The van der Waals surface area contributed by atoms with Crippen molar-refractivity contribution in [2.24, 2.45) is 0 Å². The van der Waals surface area contributed by atoms with Crippen molar-refractivity contribution in [2.45, 2.75) is 18.6 Å². The lowest BCUT2D eigenvalue weighted by atomic mass is 10.1. The SMILES string of the molecule is CC12NCC1[NH2+]2. The van der Waals surface area contributed by atoms with Gasteiger partial charge in [-0.3, -0.25) is 5.32 Å². The summed E-state index contributed by atoms with van der Waals surface area (Å²) in [5.41, 5.74) is 0.514. The first-order valence-corrected chi connectivity index (χ1v) is 2.42. The molecule has 0 aliphatic carbocycles. The molecule has 0 aromatic heterocycles. The molecule has 2 rings (SSSR count). The summed E-state index contributed by atoms with van der Waals surface area (Å²) in [6, 6.07) is 0.942. The van der Waals surface area contributed by atoms with Gasteiger partial charge in [-0.05, 0) is 0 Å². The normalized spacial score (nSPS) is 62.5. The van der Waals surface area contributed by atoms with Crippen LogP contribution in [0, 0.1) is 0 Å². The third-order valence-electron chi connectivity index (χ3n) is 1.91. The summed E-state index contributed by atoms with van der Waals surface area (Å²) in [6.45, 7) is 3.47. The van der Waals surface area contributed by atoms with Crippen LogP contribution in [-0.2, 0) is 0 Å². The molecular formula is C4H9N2+. The van der Waals surface area contributed by atoms with Crippen LogP contribution in [0.5, 0.6) is 0 Å². The van der Waals surface area contributed by atoms with Crippen LogP contribution in [0.3, 0.4) is 0 Å². The largest absolute Gasteiger partial charge is 0.314 e. The maximum Gasteiger partial charge on any atom is 0.201 e. The second-order valence-corrected chi connectivity index (χ2v) is 2.44. The number of nitrogens with one attached hydrogen (secondary N) is 1. The number of nitrogens with two attached hydrogens (primary N) is 1. The van der Waals surface area contributed by atoms with Crippen LogP contribution in [0.25, 0.3) is 0 Å². The molecule has 0 radical (unpaired) electrons. The highest BCUT2D eigenvalue weighted by molar-refractivity contribution is 5.00. The lowest BCUT2D eigenvalue weighted by molar-refractivity contribution is -0.524. The standard InChI is InChI=1S/C4H8N2/c1-4-3(6-4)2-5-4/h3,5-6H,2H2,1H3/p+1. The van der Waals surface area contributed by atoms with E-state index in [1.807, 2.05) is 0 Å². The summed E-state index contributed by atoms with van der Waals surface area (Å²) in [7, 11) is 0. The van der Waals surface area contributed by atoms with E-state index in [0.29, 0.717) is 5.66 Å². The van der Waals surface area contributed by atoms with E-state index in [9.17, 15) is 0 Å². The van der Waals surface area contributed by atoms with Crippen LogP contribution in [0.4, 0.5) is 0 Å². The molecule has 2 unspecified atom stereocenters. The average molecular weight is 85.1 g/mol. The van der Waals surface area contributed by atoms with Gasteiger partial charge in [-0.25, -0.2) is 0 Å². The molecular weight excluding hydrogens is 76.1 g/mol. The fourth-order valence-electron chi connectivity index (χ4n) is 1.03. The molecule has 0 bridgehead atoms. The zero-order valence-electron chi connectivity index (χ0n) is 3.86. The van der Waals surface area contributed by atoms with Crippen LogP contribution in [0.15, 0.2) is 0 Å². The van der Waals surface area contributed by atoms with Crippen molar-refractivity contribution < 1.29 is 5.32 Å². The summed E-state index contributed by atoms with van der Waals surface area (Å²) in [5.74, 6) is 0. The Hall–Kier alpha value is -0.0800. The molecule has 0 saturated carbocycles. The van der Waals surface area contributed by atoms with Gasteiger partial charge in [-0.15, -0.1) is 0 Å². The van der Waals surface area contributed by atoms with Gasteiger partial charge in [-0.2, -0.15) is 0 Å². The van der Waals surface area contributed by atoms with Crippen LogP contribution in [-0.4, -0.2) is 18.2 Å². The number of rotatable bonds is 0. The van der Waals surface area contributed by atoms with E-state index >= 15 is 0 Å². The van der Waals surface area contributed by atoms with E-state index in [-0.39, 0.29) is 0 Å². The summed E-state index contributed by atoms with van der Waals surface area (Å²) in [5, 5.41) is 5.66. The molecule has 0 spiro atoms. The molecule has 3 N–H and O–H groups in total. The van der Waals surface area contributed by atoms with E-state index in [1.165, 1.54) is 6.54 Å². The van der Waals surface area contributed by atoms with Gasteiger partial charge in [0.05, 0.1) is 6.54 Å². The van der Waals surface area contributed by atoms with Gasteiger partial charge in [0.2, 0.25) is 5.66 Å². The maximum absolute atomic E-state index is 3.30. The first-order chi connectivity index (χ1) is 2.81. The van der Waals surface area contributed by atoms with Crippen molar-refractivity contribution in [3.05, 3.63) is 0 Å². The Morgan fingerprint density at radius 1 is 2.00 bits per heavy atom. The molecule has 2 saturated heterocycles. The summed E-state index contributed by atoms with van der Waals surface area (Å²) >= 11 is 0. The molecule has 0 amide bonds. The average Bonchev–Trinajstić information content (AvgIpc) is 1.88. The molecule has 2 fully saturated rings. The Bertz CT molecular complexity index is 87.5. The fourth-order valence-corrected chi connectivity index (χ4v) is 1.03. The van der Waals surface area contributed by atoms with Crippen LogP contribution >= 0.6 is 0 Å². The van der Waals surface area contributed by atoms with Crippen molar-refractivity contribution in [3.63, 3.8) is 0 Å².